The van der Waals surface area contributed by atoms with E-state index < -0.39 is 99.1 Å². The summed E-state index contributed by atoms with van der Waals surface area (Å²) in [7, 11) is 0. The van der Waals surface area contributed by atoms with Crippen LogP contribution in [0.4, 0.5) is 0 Å². The van der Waals surface area contributed by atoms with Gasteiger partial charge in [-0.25, -0.2) is 0 Å². The molecule has 2 N–H and O–H groups in total. The summed E-state index contributed by atoms with van der Waals surface area (Å²) < 4.78 is 0. The van der Waals surface area contributed by atoms with Crippen LogP contribution in [-0.4, -0.2) is 47.8 Å². The maximum atomic E-state index is 10.7. The monoisotopic (exact) mass is 586 g/mol. The van der Waals surface area contributed by atoms with Crippen molar-refractivity contribution in [3.05, 3.63) is 0 Å². The molecule has 0 aromatic heterocycles. The number of aliphatic carboxylic acids is 4. The Morgan fingerprint density at radius 3 is 0.658 bits per heavy atom. The van der Waals surface area contributed by atoms with Gasteiger partial charge in [-0.1, -0.05) is 0 Å². The Morgan fingerprint density at radius 1 is 0.368 bits per heavy atom. The second-order valence-electron chi connectivity index (χ2n) is 5.55. The van der Waals surface area contributed by atoms with Crippen molar-refractivity contribution < 1.29 is 196 Å². The Morgan fingerprint density at radius 2 is 0.526 bits per heavy atom. The van der Waals surface area contributed by atoms with Crippen LogP contribution >= 0.6 is 0 Å². The number of carboxylic acids is 4. The molecule has 22 heteroatoms. The third-order valence-corrected chi connectivity index (χ3v) is 2.76. The molecule has 192 valence electrons. The topological polar surface area (TPSA) is 290 Å². The molecule has 0 aliphatic heterocycles. The van der Waals surface area contributed by atoms with E-state index in [4.69, 9.17) is 0 Å². The Kier molecular flexibility index (Phi) is 43.7. The van der Waals surface area contributed by atoms with E-state index in [-0.39, 0.29) is 118 Å². The standard InChI is InChI=1S/2C8H11NO8.4Na/c2*10-5(11)1-3-7(14)16-9-17-8(15)4-2-6(12)13;;;;/h2*9H,1-4H2,(H,10,11)(H,12,13);;;;/q;;4*+1/p-4. The molecule has 0 spiro atoms. The molecule has 0 aliphatic carbocycles. The maximum absolute atomic E-state index is 10.7. The Hall–Kier alpha value is -0.320. The normalized spacial score (nSPS) is 8.42. The molecule has 0 radical (unpaired) electrons. The zero-order chi connectivity index (χ0) is 26.5. The maximum Gasteiger partial charge on any atom is 1.00 e. The predicted octanol–water partition coefficient (Wildman–Crippen LogP) is -18.9. The average Bonchev–Trinajstić information content (AvgIpc) is 2.73. The van der Waals surface area contributed by atoms with E-state index >= 15 is 0 Å². The summed E-state index contributed by atoms with van der Waals surface area (Å²) >= 11 is 0. The van der Waals surface area contributed by atoms with E-state index in [9.17, 15) is 58.8 Å². The Balaban J connectivity index is -0.000000122. The van der Waals surface area contributed by atoms with E-state index in [0.29, 0.717) is 0 Å². The molecule has 18 nitrogen and oxygen atoms in total. The second kappa shape index (κ2) is 32.9. The molecule has 0 saturated carbocycles. The number of hydrogen-bond acceptors (Lipinski definition) is 18. The van der Waals surface area contributed by atoms with Crippen molar-refractivity contribution in [3.8, 4) is 0 Å². The smallest absolute Gasteiger partial charge is 0.550 e. The van der Waals surface area contributed by atoms with Gasteiger partial charge in [-0.15, -0.1) is 0 Å². The number of carboxylic acid groups (broad SMARTS) is 4. The molecule has 0 aliphatic rings. The Labute approximate surface area is 303 Å². The summed E-state index contributed by atoms with van der Waals surface area (Å²) in [5.41, 5.74) is 3.01. The van der Waals surface area contributed by atoms with Crippen LogP contribution in [0.1, 0.15) is 51.4 Å². The van der Waals surface area contributed by atoms with Crippen LogP contribution in [0.2, 0.25) is 0 Å². The first-order valence-corrected chi connectivity index (χ1v) is 8.91. The van der Waals surface area contributed by atoms with Gasteiger partial charge in [0.15, 0.2) is 0 Å². The van der Waals surface area contributed by atoms with E-state index in [1.54, 1.807) is 0 Å². The molecule has 0 unspecified atom stereocenters. The van der Waals surface area contributed by atoms with Crippen LogP contribution < -0.4 is 150 Å². The number of carbonyl (C=O) groups is 8. The van der Waals surface area contributed by atoms with Gasteiger partial charge in [0.25, 0.3) is 0 Å². The van der Waals surface area contributed by atoms with Gasteiger partial charge in [-0.3, -0.25) is 19.2 Å². The summed E-state index contributed by atoms with van der Waals surface area (Å²) in [5.74, 6) is -9.57. The largest absolute Gasteiger partial charge is 1.00 e. The average molecular weight is 586 g/mol. The SMILES string of the molecule is O=C([O-])CCC(=O)ONOC(=O)CCC(=O)[O-].O=C([O-])CCC(=O)ONOC(=O)CCC(=O)[O-].[Na+].[Na+].[Na+].[Na+]. The summed E-state index contributed by atoms with van der Waals surface area (Å²) in [5, 5.41) is 39.8. The van der Waals surface area contributed by atoms with Gasteiger partial charge in [-0.2, -0.15) is 0 Å². The van der Waals surface area contributed by atoms with Crippen LogP contribution in [0.5, 0.6) is 0 Å². The zero-order valence-corrected chi connectivity index (χ0v) is 29.2. The number of carbonyl (C=O) groups excluding carboxylic acids is 8. The summed E-state index contributed by atoms with van der Waals surface area (Å²) in [6.45, 7) is 0. The van der Waals surface area contributed by atoms with Crippen molar-refractivity contribution in [1.82, 2.24) is 11.3 Å². The molecule has 0 heterocycles. The van der Waals surface area contributed by atoms with Crippen LogP contribution in [-0.2, 0) is 57.7 Å². The van der Waals surface area contributed by atoms with Crippen LogP contribution in [0.3, 0.4) is 0 Å². The minimum Gasteiger partial charge on any atom is -0.550 e. The Bertz CT molecular complexity index is 646. The van der Waals surface area contributed by atoms with Crippen LogP contribution in [0, 0.1) is 0 Å². The summed E-state index contributed by atoms with van der Waals surface area (Å²) in [6, 6.07) is 0. The van der Waals surface area contributed by atoms with Crippen LogP contribution in [0.15, 0.2) is 0 Å². The van der Waals surface area contributed by atoms with Gasteiger partial charge in [0.05, 0.1) is 25.7 Å². The summed E-state index contributed by atoms with van der Waals surface area (Å²) in [6.07, 6.45) is -3.92. The first kappa shape index (κ1) is 50.5. The van der Waals surface area contributed by atoms with E-state index in [0.717, 1.165) is 0 Å². The van der Waals surface area contributed by atoms with Crippen molar-refractivity contribution in [2.75, 3.05) is 0 Å². The molecular weight excluding hydrogens is 568 g/mol. The van der Waals surface area contributed by atoms with Gasteiger partial charge in [-0.05, 0) is 25.7 Å². The fraction of sp³-hybridized carbons (Fsp3) is 0.500. The van der Waals surface area contributed by atoms with Crippen molar-refractivity contribution in [2.45, 2.75) is 51.4 Å². The minimum atomic E-state index is -1.42. The fourth-order valence-corrected chi connectivity index (χ4v) is 1.25. The van der Waals surface area contributed by atoms with Crippen molar-refractivity contribution >= 4 is 47.8 Å². The van der Waals surface area contributed by atoms with Crippen LogP contribution in [0.25, 0.3) is 0 Å². The quantitative estimate of drug-likeness (QED) is 0.125. The molecule has 0 aromatic rings. The third-order valence-electron chi connectivity index (χ3n) is 2.76. The van der Waals surface area contributed by atoms with Gasteiger partial charge >= 0.3 is 142 Å². The first-order valence-electron chi connectivity index (χ1n) is 8.91. The molecule has 0 bridgehead atoms. The van der Waals surface area contributed by atoms with E-state index in [1.807, 2.05) is 0 Å². The molecule has 0 rings (SSSR count). The summed E-state index contributed by atoms with van der Waals surface area (Å²) in [4.78, 5) is 99.0. The fourth-order valence-electron chi connectivity index (χ4n) is 1.25. The third kappa shape index (κ3) is 42.8. The molecule has 0 saturated heterocycles. The van der Waals surface area contributed by atoms with Gasteiger partial charge in [0, 0.05) is 35.2 Å². The zero-order valence-electron chi connectivity index (χ0n) is 21.2. The first-order chi connectivity index (χ1) is 15.8. The van der Waals surface area contributed by atoms with E-state index in [2.05, 4.69) is 19.4 Å². The number of rotatable bonds is 16. The van der Waals surface area contributed by atoms with Crippen molar-refractivity contribution in [3.63, 3.8) is 0 Å². The molecule has 0 amide bonds. The van der Waals surface area contributed by atoms with Gasteiger partial charge in [0.2, 0.25) is 0 Å². The molecular formula is C16H18N2Na4O16. The number of nitrogens with one attached hydrogen (secondary N) is 2. The van der Waals surface area contributed by atoms with Gasteiger partial charge in [0.1, 0.15) is 0 Å². The molecule has 38 heavy (non-hydrogen) atoms. The molecule has 0 fully saturated rings. The van der Waals surface area contributed by atoms with Crippen molar-refractivity contribution in [2.24, 2.45) is 0 Å². The predicted molar refractivity (Wildman–Crippen MR) is 87.6 cm³/mol. The second-order valence-corrected chi connectivity index (χ2v) is 5.55. The minimum absolute atomic E-state index is 0. The van der Waals surface area contributed by atoms with Gasteiger partial charge < -0.3 is 59.0 Å². The van der Waals surface area contributed by atoms with Crippen molar-refractivity contribution in [1.29, 1.82) is 0 Å². The number of hydrogen-bond donors (Lipinski definition) is 2. The molecule has 0 atom stereocenters. The van der Waals surface area contributed by atoms with E-state index in [1.165, 1.54) is 11.3 Å². The molecule has 0 aromatic carbocycles.